The molecule has 1 aromatic carbocycles. The van der Waals surface area contributed by atoms with Crippen LogP contribution in [-0.4, -0.2) is 10.1 Å². The van der Waals surface area contributed by atoms with Crippen LogP contribution in [0, 0.1) is 5.95 Å². The fourth-order valence-corrected chi connectivity index (χ4v) is 2.02. The van der Waals surface area contributed by atoms with Gasteiger partial charge >= 0.3 is 0 Å². The molecular weight excluding hydrogens is 287 g/mol. The van der Waals surface area contributed by atoms with E-state index < -0.39 is 11.7 Å². The van der Waals surface area contributed by atoms with Crippen LogP contribution < -0.4 is 0 Å². The van der Waals surface area contributed by atoms with Gasteiger partial charge in [0, 0.05) is 17.3 Å². The van der Waals surface area contributed by atoms with Crippen LogP contribution in [0.1, 0.15) is 0 Å². The molecule has 0 amide bonds. The summed E-state index contributed by atoms with van der Waals surface area (Å²) in [6.07, 6.45) is 1.23. The maximum Gasteiger partial charge on any atom is 0.255 e. The minimum Gasteiger partial charge on any atom is -0.503 e. The molecule has 1 aromatic heterocycles. The highest BCUT2D eigenvalue weighted by Crippen LogP contribution is 2.39. The van der Waals surface area contributed by atoms with Gasteiger partial charge in [0.2, 0.25) is 0 Å². The fraction of sp³-hybridized carbons (Fsp3) is 0. The lowest BCUT2D eigenvalue weighted by Crippen LogP contribution is -1.88. The van der Waals surface area contributed by atoms with Crippen molar-refractivity contribution in [1.82, 2.24) is 4.98 Å². The molecule has 88 valence electrons. The summed E-state index contributed by atoms with van der Waals surface area (Å²) in [6, 6.07) is 4.32. The summed E-state index contributed by atoms with van der Waals surface area (Å²) in [4.78, 5) is 3.32. The highest BCUT2D eigenvalue weighted by atomic mass is 35.5. The molecule has 0 aliphatic rings. The lowest BCUT2D eigenvalue weighted by molar-refractivity contribution is 0.421. The molecule has 6 heteroatoms. The summed E-state index contributed by atoms with van der Waals surface area (Å²) < 4.78 is 13.1. The van der Waals surface area contributed by atoms with E-state index in [9.17, 15) is 9.50 Å². The lowest BCUT2D eigenvalue weighted by atomic mass is 10.1. The first-order chi connectivity index (χ1) is 8.00. The zero-order chi connectivity index (χ0) is 12.6. The van der Waals surface area contributed by atoms with Crippen molar-refractivity contribution in [2.45, 2.75) is 0 Å². The second-order valence-corrected chi connectivity index (χ2v) is 4.47. The van der Waals surface area contributed by atoms with Gasteiger partial charge in [-0.05, 0) is 18.2 Å². The van der Waals surface area contributed by atoms with Gasteiger partial charge in [-0.15, -0.1) is 0 Å². The highest BCUT2D eigenvalue weighted by molar-refractivity contribution is 6.44. The molecule has 1 N–H and O–H groups in total. The molecule has 0 atom stereocenters. The quantitative estimate of drug-likeness (QED) is 0.617. The van der Waals surface area contributed by atoms with Gasteiger partial charge in [0.05, 0.1) is 15.1 Å². The Labute approximate surface area is 112 Å². The van der Waals surface area contributed by atoms with Crippen LogP contribution in [0.5, 0.6) is 5.75 Å². The van der Waals surface area contributed by atoms with Crippen LogP contribution >= 0.6 is 34.8 Å². The van der Waals surface area contributed by atoms with Crippen molar-refractivity contribution in [2.75, 3.05) is 0 Å². The number of aromatic hydroxyl groups is 1. The summed E-state index contributed by atoms with van der Waals surface area (Å²) in [7, 11) is 0. The molecule has 2 nitrogen and oxygen atoms in total. The van der Waals surface area contributed by atoms with E-state index in [1.807, 2.05) is 0 Å². The lowest BCUT2D eigenvalue weighted by Gasteiger charge is -2.08. The smallest absolute Gasteiger partial charge is 0.255 e. The number of hydrogen-bond acceptors (Lipinski definition) is 2. The first-order valence-electron chi connectivity index (χ1n) is 4.49. The van der Waals surface area contributed by atoms with Crippen LogP contribution in [0.15, 0.2) is 24.4 Å². The van der Waals surface area contributed by atoms with E-state index in [-0.39, 0.29) is 20.6 Å². The van der Waals surface area contributed by atoms with Crippen molar-refractivity contribution in [3.63, 3.8) is 0 Å². The van der Waals surface area contributed by atoms with Crippen molar-refractivity contribution >= 4 is 34.8 Å². The van der Waals surface area contributed by atoms with Crippen molar-refractivity contribution in [3.05, 3.63) is 45.4 Å². The van der Waals surface area contributed by atoms with Crippen LogP contribution in [-0.2, 0) is 0 Å². The molecule has 0 aliphatic carbocycles. The number of rotatable bonds is 1. The van der Waals surface area contributed by atoms with Crippen molar-refractivity contribution < 1.29 is 9.50 Å². The highest BCUT2D eigenvalue weighted by Gasteiger charge is 2.14. The number of benzene rings is 1. The van der Waals surface area contributed by atoms with E-state index in [0.29, 0.717) is 5.56 Å². The number of aromatic nitrogens is 1. The van der Waals surface area contributed by atoms with Crippen LogP contribution in [0.3, 0.4) is 0 Å². The van der Waals surface area contributed by atoms with Crippen molar-refractivity contribution in [2.24, 2.45) is 0 Å². The van der Waals surface area contributed by atoms with E-state index in [4.69, 9.17) is 34.8 Å². The number of nitrogens with zero attached hydrogens (tertiary/aromatic N) is 1. The molecule has 0 fully saturated rings. The molecule has 0 saturated carbocycles. The second kappa shape index (κ2) is 4.69. The molecule has 17 heavy (non-hydrogen) atoms. The van der Waals surface area contributed by atoms with Gasteiger partial charge in [-0.2, -0.15) is 4.39 Å². The average Bonchev–Trinajstić information content (AvgIpc) is 2.28. The molecule has 0 unspecified atom stereocenters. The van der Waals surface area contributed by atoms with Gasteiger partial charge in [0.1, 0.15) is 0 Å². The first kappa shape index (κ1) is 12.4. The Morgan fingerprint density at radius 2 is 1.65 bits per heavy atom. The largest absolute Gasteiger partial charge is 0.503 e. The number of halogens is 4. The summed E-state index contributed by atoms with van der Waals surface area (Å²) in [6.45, 7) is 0. The summed E-state index contributed by atoms with van der Waals surface area (Å²) in [5, 5.41) is 10.4. The third-order valence-corrected chi connectivity index (χ3v) is 3.21. The topological polar surface area (TPSA) is 33.1 Å². The Hall–Kier alpha value is -1.03. The van der Waals surface area contributed by atoms with Crippen molar-refractivity contribution in [1.29, 1.82) is 0 Å². The first-order valence-corrected chi connectivity index (χ1v) is 5.62. The maximum absolute atomic E-state index is 13.1. The summed E-state index contributed by atoms with van der Waals surface area (Å²) >= 11 is 17.6. The maximum atomic E-state index is 13.1. The number of pyridine rings is 1. The molecule has 0 radical (unpaired) electrons. The predicted molar refractivity (Wildman–Crippen MR) is 66.3 cm³/mol. The van der Waals surface area contributed by atoms with Gasteiger partial charge in [-0.3, -0.25) is 0 Å². The molecular formula is C11H5Cl3FNO. The molecule has 0 aliphatic heterocycles. The van der Waals surface area contributed by atoms with Crippen molar-refractivity contribution in [3.8, 4) is 16.9 Å². The Balaban J connectivity index is 2.69. The standard InChI is InChI=1S/C11H5Cl3FNO/c12-7-4-9(14)8(13)3-6(7)5-1-2-16-11(15)10(5)17/h1-4,17H. The molecule has 1 heterocycles. The fourth-order valence-electron chi connectivity index (χ4n) is 1.37. The third kappa shape index (κ3) is 2.32. The zero-order valence-electron chi connectivity index (χ0n) is 8.22. The van der Waals surface area contributed by atoms with E-state index in [1.165, 1.54) is 24.4 Å². The SMILES string of the molecule is Oc1c(-c2cc(Cl)c(Cl)cc2Cl)ccnc1F. The molecule has 0 bridgehead atoms. The minimum absolute atomic E-state index is 0.209. The number of hydrogen-bond donors (Lipinski definition) is 1. The van der Waals surface area contributed by atoms with Gasteiger partial charge in [0.25, 0.3) is 5.95 Å². The Morgan fingerprint density at radius 1 is 1.00 bits per heavy atom. The Kier molecular flexibility index (Phi) is 3.43. The third-order valence-electron chi connectivity index (χ3n) is 2.18. The van der Waals surface area contributed by atoms with E-state index in [2.05, 4.69) is 4.98 Å². The molecule has 0 spiro atoms. The van der Waals surface area contributed by atoms with Crippen LogP contribution in [0.2, 0.25) is 15.1 Å². The van der Waals surface area contributed by atoms with Gasteiger partial charge < -0.3 is 5.11 Å². The Morgan fingerprint density at radius 3 is 2.35 bits per heavy atom. The summed E-state index contributed by atoms with van der Waals surface area (Å²) in [5.41, 5.74) is 0.598. The monoisotopic (exact) mass is 291 g/mol. The second-order valence-electron chi connectivity index (χ2n) is 3.24. The average molecular weight is 293 g/mol. The van der Waals surface area contributed by atoms with Crippen LogP contribution in [0.4, 0.5) is 4.39 Å². The van der Waals surface area contributed by atoms with Gasteiger partial charge in [-0.25, -0.2) is 4.98 Å². The predicted octanol–water partition coefficient (Wildman–Crippen LogP) is 4.55. The van der Waals surface area contributed by atoms with E-state index in [0.717, 1.165) is 0 Å². The molecule has 2 rings (SSSR count). The van der Waals surface area contributed by atoms with E-state index in [1.54, 1.807) is 0 Å². The zero-order valence-corrected chi connectivity index (χ0v) is 10.5. The summed E-state index contributed by atoms with van der Waals surface area (Å²) in [5.74, 6) is -1.54. The minimum atomic E-state index is -0.968. The Bertz CT molecular complexity index is 589. The van der Waals surface area contributed by atoms with Crippen LogP contribution in [0.25, 0.3) is 11.1 Å². The molecule has 0 saturated heterocycles. The normalized spacial score (nSPS) is 10.6. The van der Waals surface area contributed by atoms with E-state index >= 15 is 0 Å². The van der Waals surface area contributed by atoms with Gasteiger partial charge in [0.15, 0.2) is 5.75 Å². The molecule has 2 aromatic rings. The van der Waals surface area contributed by atoms with Gasteiger partial charge in [-0.1, -0.05) is 34.8 Å².